The summed E-state index contributed by atoms with van der Waals surface area (Å²) in [4.78, 5) is 32.6. The van der Waals surface area contributed by atoms with E-state index in [-0.39, 0.29) is 11.9 Å². The summed E-state index contributed by atoms with van der Waals surface area (Å²) in [5, 5.41) is 2.96. The molecule has 1 aromatic heterocycles. The fourth-order valence-electron chi connectivity index (χ4n) is 3.16. The molecule has 29 heavy (non-hydrogen) atoms. The van der Waals surface area contributed by atoms with E-state index >= 15 is 0 Å². The van der Waals surface area contributed by atoms with E-state index in [9.17, 15) is 9.59 Å². The van der Waals surface area contributed by atoms with Crippen molar-refractivity contribution in [3.8, 4) is 0 Å². The quantitative estimate of drug-likeness (QED) is 0.737. The van der Waals surface area contributed by atoms with Gasteiger partial charge < -0.3 is 19.7 Å². The molecule has 0 fully saturated rings. The first-order valence-corrected chi connectivity index (χ1v) is 9.44. The fourth-order valence-corrected chi connectivity index (χ4v) is 3.16. The van der Waals surface area contributed by atoms with E-state index < -0.39 is 0 Å². The molecular weight excluding hydrogens is 366 g/mol. The first-order chi connectivity index (χ1) is 13.7. The average Bonchev–Trinajstić information content (AvgIpc) is 2.99. The highest BCUT2D eigenvalue weighted by Crippen LogP contribution is 2.20. The van der Waals surface area contributed by atoms with Crippen LogP contribution in [-0.2, 0) is 13.6 Å². The third-order valence-electron chi connectivity index (χ3n) is 5.20. The molecule has 1 N–H and O–H groups in total. The molecule has 0 aliphatic heterocycles. The van der Waals surface area contributed by atoms with Crippen molar-refractivity contribution in [3.05, 3.63) is 58.9 Å². The molecule has 3 aromatic rings. The number of carbonyl (C=O) groups excluding carboxylic acids is 2. The van der Waals surface area contributed by atoms with Crippen molar-refractivity contribution >= 4 is 28.7 Å². The summed E-state index contributed by atoms with van der Waals surface area (Å²) in [6.07, 6.45) is 0. The van der Waals surface area contributed by atoms with Crippen LogP contribution in [0.5, 0.6) is 0 Å². The third-order valence-corrected chi connectivity index (χ3v) is 5.20. The second kappa shape index (κ2) is 7.95. The van der Waals surface area contributed by atoms with Crippen molar-refractivity contribution in [1.82, 2.24) is 19.4 Å². The van der Waals surface area contributed by atoms with Gasteiger partial charge in [0.05, 0.1) is 17.6 Å². The Morgan fingerprint density at radius 2 is 1.83 bits per heavy atom. The molecule has 0 spiro atoms. The number of imidazole rings is 1. The molecule has 2 aromatic carbocycles. The van der Waals surface area contributed by atoms with Gasteiger partial charge in [0.1, 0.15) is 5.82 Å². The maximum Gasteiger partial charge on any atom is 0.321 e. The largest absolute Gasteiger partial charge is 0.345 e. The summed E-state index contributed by atoms with van der Waals surface area (Å²) in [5.74, 6) is 0.678. The van der Waals surface area contributed by atoms with Gasteiger partial charge in [0.2, 0.25) is 0 Å². The number of nitrogens with zero attached hydrogens (tertiary/aromatic N) is 4. The molecule has 7 heteroatoms. The number of anilines is 1. The van der Waals surface area contributed by atoms with Crippen LogP contribution in [0.2, 0.25) is 0 Å². The highest BCUT2D eigenvalue weighted by Gasteiger charge is 2.17. The monoisotopic (exact) mass is 393 g/mol. The Hall–Kier alpha value is -3.35. The fraction of sp³-hybridized carbons (Fsp3) is 0.318. The van der Waals surface area contributed by atoms with Gasteiger partial charge in [-0.05, 0) is 49.2 Å². The van der Waals surface area contributed by atoms with Gasteiger partial charge in [-0.3, -0.25) is 4.79 Å². The maximum absolute atomic E-state index is 12.7. The molecule has 3 rings (SSSR count). The number of amides is 3. The first kappa shape index (κ1) is 20.4. The van der Waals surface area contributed by atoms with E-state index in [1.54, 1.807) is 38.2 Å². The second-order valence-corrected chi connectivity index (χ2v) is 7.52. The molecular formula is C22H27N5O2. The lowest BCUT2D eigenvalue weighted by molar-refractivity contribution is 0.0827. The molecule has 7 nitrogen and oxygen atoms in total. The summed E-state index contributed by atoms with van der Waals surface area (Å²) in [6.45, 7) is 4.35. The second-order valence-electron chi connectivity index (χ2n) is 7.52. The van der Waals surface area contributed by atoms with Gasteiger partial charge in [0.15, 0.2) is 0 Å². The summed E-state index contributed by atoms with van der Waals surface area (Å²) in [7, 11) is 7.09. The minimum absolute atomic E-state index is 0.0656. The number of urea groups is 1. The van der Waals surface area contributed by atoms with Crippen molar-refractivity contribution in [1.29, 1.82) is 0 Å². The number of fused-ring (bicyclic) bond motifs is 1. The molecule has 0 atom stereocenters. The summed E-state index contributed by atoms with van der Waals surface area (Å²) in [5.41, 5.74) is 5.22. The van der Waals surface area contributed by atoms with Gasteiger partial charge >= 0.3 is 6.03 Å². The Labute approximate surface area is 170 Å². The van der Waals surface area contributed by atoms with E-state index in [2.05, 4.69) is 10.3 Å². The zero-order valence-corrected chi connectivity index (χ0v) is 17.8. The highest BCUT2D eigenvalue weighted by molar-refractivity contribution is 5.97. The number of nitrogens with one attached hydrogen (secondary N) is 1. The Kier molecular flexibility index (Phi) is 5.59. The predicted molar refractivity (Wildman–Crippen MR) is 115 cm³/mol. The lowest BCUT2D eigenvalue weighted by atomic mass is 10.1. The molecule has 0 unspecified atom stereocenters. The van der Waals surface area contributed by atoms with Crippen LogP contribution in [0.1, 0.15) is 27.3 Å². The van der Waals surface area contributed by atoms with Crippen LogP contribution in [0.15, 0.2) is 36.4 Å². The molecule has 1 heterocycles. The van der Waals surface area contributed by atoms with Crippen molar-refractivity contribution in [2.24, 2.45) is 7.05 Å². The topological polar surface area (TPSA) is 70.5 Å². The average molecular weight is 393 g/mol. The van der Waals surface area contributed by atoms with Crippen LogP contribution in [0.25, 0.3) is 11.0 Å². The molecule has 0 saturated carbocycles. The van der Waals surface area contributed by atoms with Gasteiger partial charge in [-0.25, -0.2) is 9.78 Å². The van der Waals surface area contributed by atoms with Crippen molar-refractivity contribution in [2.45, 2.75) is 20.4 Å². The third kappa shape index (κ3) is 4.08. The number of hydrogen-bond donors (Lipinski definition) is 1. The van der Waals surface area contributed by atoms with Crippen LogP contribution in [0.3, 0.4) is 0 Å². The van der Waals surface area contributed by atoms with Crippen molar-refractivity contribution < 1.29 is 9.59 Å². The normalized spacial score (nSPS) is 10.8. The van der Waals surface area contributed by atoms with E-state index in [1.807, 2.05) is 49.7 Å². The molecule has 0 bridgehead atoms. The van der Waals surface area contributed by atoms with Crippen LogP contribution in [-0.4, -0.2) is 52.4 Å². The number of hydrogen-bond acceptors (Lipinski definition) is 3. The Balaban J connectivity index is 1.79. The minimum atomic E-state index is -0.200. The maximum atomic E-state index is 12.7. The SMILES string of the molecule is Cc1cccc(NC(=O)N(C)Cc2nc3cc(C(=O)N(C)C)ccc3n2C)c1C. The van der Waals surface area contributed by atoms with Gasteiger partial charge in [0.25, 0.3) is 5.91 Å². The minimum Gasteiger partial charge on any atom is -0.345 e. The zero-order chi connectivity index (χ0) is 21.3. The predicted octanol–water partition coefficient (Wildman–Crippen LogP) is 3.56. The number of benzene rings is 2. The summed E-state index contributed by atoms with van der Waals surface area (Å²) < 4.78 is 1.95. The molecule has 0 radical (unpaired) electrons. The lowest BCUT2D eigenvalue weighted by Gasteiger charge is -2.19. The lowest BCUT2D eigenvalue weighted by Crippen LogP contribution is -2.32. The number of aryl methyl sites for hydroxylation is 2. The van der Waals surface area contributed by atoms with Gasteiger partial charge in [-0.2, -0.15) is 0 Å². The molecule has 0 saturated heterocycles. The summed E-state index contributed by atoms with van der Waals surface area (Å²) in [6, 6.07) is 11.1. The Morgan fingerprint density at radius 3 is 2.52 bits per heavy atom. The number of aromatic nitrogens is 2. The van der Waals surface area contributed by atoms with Crippen molar-refractivity contribution in [2.75, 3.05) is 26.5 Å². The van der Waals surface area contributed by atoms with E-state index in [0.717, 1.165) is 33.7 Å². The molecule has 3 amide bonds. The van der Waals surface area contributed by atoms with Crippen LogP contribution in [0, 0.1) is 13.8 Å². The smallest absolute Gasteiger partial charge is 0.321 e. The zero-order valence-electron chi connectivity index (χ0n) is 17.8. The van der Waals surface area contributed by atoms with Gasteiger partial charge in [-0.15, -0.1) is 0 Å². The van der Waals surface area contributed by atoms with E-state index in [4.69, 9.17) is 0 Å². The van der Waals surface area contributed by atoms with Crippen LogP contribution in [0.4, 0.5) is 10.5 Å². The molecule has 0 aliphatic rings. The van der Waals surface area contributed by atoms with E-state index in [0.29, 0.717) is 12.1 Å². The van der Waals surface area contributed by atoms with E-state index in [1.165, 1.54) is 4.90 Å². The Morgan fingerprint density at radius 1 is 1.10 bits per heavy atom. The highest BCUT2D eigenvalue weighted by atomic mass is 16.2. The number of carbonyl (C=O) groups is 2. The standard InChI is InChI=1S/C22H27N5O2/c1-14-8-7-9-17(15(14)2)24-22(29)26(5)13-20-23-18-12-16(21(28)25(3)4)10-11-19(18)27(20)6/h7-12H,13H2,1-6H3,(H,24,29). The Bertz CT molecular complexity index is 1080. The van der Waals surface area contributed by atoms with Gasteiger partial charge in [-0.1, -0.05) is 12.1 Å². The number of rotatable bonds is 4. The van der Waals surface area contributed by atoms with Gasteiger partial charge in [0, 0.05) is 39.4 Å². The molecule has 0 aliphatic carbocycles. The molecule has 152 valence electrons. The van der Waals surface area contributed by atoms with Crippen LogP contribution < -0.4 is 5.32 Å². The summed E-state index contributed by atoms with van der Waals surface area (Å²) >= 11 is 0. The van der Waals surface area contributed by atoms with Crippen molar-refractivity contribution in [3.63, 3.8) is 0 Å². The van der Waals surface area contributed by atoms with Crippen LogP contribution >= 0.6 is 0 Å². The first-order valence-electron chi connectivity index (χ1n) is 9.44.